The Morgan fingerprint density at radius 2 is 2.10 bits per heavy atom. The first-order chi connectivity index (χ1) is 9.42. The summed E-state index contributed by atoms with van der Waals surface area (Å²) in [5, 5.41) is 5.94. The summed E-state index contributed by atoms with van der Waals surface area (Å²) in [6, 6.07) is 5.17. The third-order valence-corrected chi connectivity index (χ3v) is 3.65. The SMILES string of the molecule is COC(=O)CCC(=O)NC(=S)Nc1ccc(Br)c(Cl)c1. The highest BCUT2D eigenvalue weighted by molar-refractivity contribution is 9.10. The number of benzene rings is 1. The van der Waals surface area contributed by atoms with Gasteiger partial charge in [0.25, 0.3) is 0 Å². The number of amides is 1. The zero-order valence-electron chi connectivity index (χ0n) is 10.5. The van der Waals surface area contributed by atoms with E-state index in [-0.39, 0.29) is 23.9 Å². The van der Waals surface area contributed by atoms with Crippen molar-refractivity contribution in [2.24, 2.45) is 0 Å². The van der Waals surface area contributed by atoms with E-state index in [0.717, 1.165) is 4.47 Å². The van der Waals surface area contributed by atoms with Crippen molar-refractivity contribution < 1.29 is 14.3 Å². The van der Waals surface area contributed by atoms with Crippen LogP contribution in [0.25, 0.3) is 0 Å². The fourth-order valence-corrected chi connectivity index (χ4v) is 1.90. The second kappa shape index (κ2) is 8.18. The first-order valence-electron chi connectivity index (χ1n) is 5.55. The van der Waals surface area contributed by atoms with Gasteiger partial charge < -0.3 is 15.4 Å². The van der Waals surface area contributed by atoms with E-state index in [0.29, 0.717) is 10.7 Å². The Morgan fingerprint density at radius 3 is 2.70 bits per heavy atom. The number of thiocarbonyl (C=S) groups is 1. The number of halogens is 2. The van der Waals surface area contributed by atoms with Crippen LogP contribution >= 0.6 is 39.7 Å². The number of methoxy groups -OCH3 is 1. The standard InChI is InChI=1S/C12H12BrClN2O3S/c1-19-11(18)5-4-10(17)16-12(20)15-7-2-3-8(13)9(14)6-7/h2-3,6H,4-5H2,1H3,(H2,15,16,17,20). The molecule has 20 heavy (non-hydrogen) atoms. The van der Waals surface area contributed by atoms with Crippen molar-refractivity contribution in [3.63, 3.8) is 0 Å². The van der Waals surface area contributed by atoms with E-state index in [1.165, 1.54) is 7.11 Å². The molecule has 0 aliphatic carbocycles. The highest BCUT2D eigenvalue weighted by Crippen LogP contribution is 2.25. The Bertz CT molecular complexity index is 539. The molecular formula is C12H12BrClN2O3S. The van der Waals surface area contributed by atoms with Gasteiger partial charge in [-0.2, -0.15) is 0 Å². The molecule has 0 aromatic heterocycles. The fourth-order valence-electron chi connectivity index (χ4n) is 1.24. The number of carbonyl (C=O) groups is 2. The lowest BCUT2D eigenvalue weighted by molar-refractivity contribution is -0.142. The minimum Gasteiger partial charge on any atom is -0.469 e. The van der Waals surface area contributed by atoms with Crippen molar-refractivity contribution >= 4 is 62.4 Å². The van der Waals surface area contributed by atoms with E-state index in [1.807, 2.05) is 0 Å². The van der Waals surface area contributed by atoms with E-state index in [1.54, 1.807) is 18.2 Å². The Hall–Kier alpha value is -1.18. The number of rotatable bonds is 4. The van der Waals surface area contributed by atoms with Crippen molar-refractivity contribution in [2.75, 3.05) is 12.4 Å². The van der Waals surface area contributed by atoms with Gasteiger partial charge in [-0.15, -0.1) is 0 Å². The van der Waals surface area contributed by atoms with Crippen LogP contribution in [-0.4, -0.2) is 24.1 Å². The maximum atomic E-state index is 11.5. The van der Waals surface area contributed by atoms with Crippen LogP contribution in [0.2, 0.25) is 5.02 Å². The van der Waals surface area contributed by atoms with Crippen LogP contribution < -0.4 is 10.6 Å². The predicted octanol–water partition coefficient (Wildman–Crippen LogP) is 2.87. The van der Waals surface area contributed by atoms with Gasteiger partial charge in [0, 0.05) is 16.6 Å². The number of nitrogens with one attached hydrogen (secondary N) is 2. The minimum atomic E-state index is -0.446. The fraction of sp³-hybridized carbons (Fsp3) is 0.250. The molecule has 0 fully saturated rings. The first kappa shape index (κ1) is 16.9. The van der Waals surface area contributed by atoms with Crippen LogP contribution in [0.5, 0.6) is 0 Å². The predicted molar refractivity (Wildman–Crippen MR) is 84.8 cm³/mol. The van der Waals surface area contributed by atoms with Crippen LogP contribution in [0.4, 0.5) is 5.69 Å². The van der Waals surface area contributed by atoms with E-state index in [9.17, 15) is 9.59 Å². The quantitative estimate of drug-likeness (QED) is 0.622. The molecule has 0 unspecified atom stereocenters. The molecule has 0 saturated heterocycles. The van der Waals surface area contributed by atoms with Gasteiger partial charge in [-0.3, -0.25) is 9.59 Å². The third-order valence-electron chi connectivity index (χ3n) is 2.21. The maximum Gasteiger partial charge on any atom is 0.306 e. The molecule has 0 atom stereocenters. The van der Waals surface area contributed by atoms with Gasteiger partial charge in [0.05, 0.1) is 18.6 Å². The number of carbonyl (C=O) groups excluding carboxylic acids is 2. The number of esters is 1. The molecule has 1 aromatic rings. The first-order valence-corrected chi connectivity index (χ1v) is 7.13. The number of hydrogen-bond donors (Lipinski definition) is 2. The van der Waals surface area contributed by atoms with Gasteiger partial charge in [0.1, 0.15) is 0 Å². The minimum absolute atomic E-state index is 0.00899. The molecule has 0 radical (unpaired) electrons. The van der Waals surface area contributed by atoms with Gasteiger partial charge in [-0.05, 0) is 46.3 Å². The van der Waals surface area contributed by atoms with Gasteiger partial charge in [0.15, 0.2) is 5.11 Å². The molecule has 0 aliphatic heterocycles. The van der Waals surface area contributed by atoms with E-state index >= 15 is 0 Å². The molecular weight excluding hydrogens is 368 g/mol. The summed E-state index contributed by atoms with van der Waals surface area (Å²) >= 11 is 14.2. The van der Waals surface area contributed by atoms with Crippen molar-refractivity contribution in [1.82, 2.24) is 5.32 Å². The summed E-state index contributed by atoms with van der Waals surface area (Å²) in [5.41, 5.74) is 0.650. The molecule has 0 saturated carbocycles. The van der Waals surface area contributed by atoms with Gasteiger partial charge in [-0.25, -0.2) is 0 Å². The summed E-state index contributed by atoms with van der Waals surface area (Å²) in [7, 11) is 1.27. The molecule has 5 nitrogen and oxygen atoms in total. The number of hydrogen-bond acceptors (Lipinski definition) is 4. The van der Waals surface area contributed by atoms with Crippen LogP contribution in [0.1, 0.15) is 12.8 Å². The lowest BCUT2D eigenvalue weighted by atomic mass is 10.3. The molecule has 0 aliphatic rings. The van der Waals surface area contributed by atoms with Gasteiger partial charge >= 0.3 is 5.97 Å². The summed E-state index contributed by atoms with van der Waals surface area (Å²) in [4.78, 5) is 22.4. The van der Waals surface area contributed by atoms with Gasteiger partial charge in [0.2, 0.25) is 5.91 Å². The lowest BCUT2D eigenvalue weighted by Crippen LogP contribution is -2.34. The lowest BCUT2D eigenvalue weighted by Gasteiger charge is -2.10. The molecule has 0 heterocycles. The topological polar surface area (TPSA) is 67.4 Å². The normalized spacial score (nSPS) is 9.75. The third kappa shape index (κ3) is 5.85. The Kier molecular flexibility index (Phi) is 6.90. The van der Waals surface area contributed by atoms with E-state index in [4.69, 9.17) is 23.8 Å². The Labute approximate surface area is 135 Å². The van der Waals surface area contributed by atoms with Gasteiger partial charge in [-0.1, -0.05) is 11.6 Å². The summed E-state index contributed by atoms with van der Waals surface area (Å²) in [6.45, 7) is 0. The number of ether oxygens (including phenoxy) is 1. The Morgan fingerprint density at radius 1 is 1.40 bits per heavy atom. The van der Waals surface area contributed by atoms with Crippen LogP contribution in [0.3, 0.4) is 0 Å². The summed E-state index contributed by atoms with van der Waals surface area (Å²) in [5.74, 6) is -0.810. The zero-order valence-corrected chi connectivity index (χ0v) is 13.7. The highest BCUT2D eigenvalue weighted by atomic mass is 79.9. The second-order valence-corrected chi connectivity index (χ2v) is 5.38. The second-order valence-electron chi connectivity index (χ2n) is 3.71. The molecule has 0 spiro atoms. The summed E-state index contributed by atoms with van der Waals surface area (Å²) in [6.07, 6.45) is 0.0185. The molecule has 108 valence electrons. The Balaban J connectivity index is 2.45. The molecule has 0 bridgehead atoms. The van der Waals surface area contributed by atoms with E-state index in [2.05, 4.69) is 31.3 Å². The van der Waals surface area contributed by atoms with E-state index < -0.39 is 5.97 Å². The average Bonchev–Trinajstić information content (AvgIpc) is 2.40. The molecule has 1 rings (SSSR count). The highest BCUT2D eigenvalue weighted by Gasteiger charge is 2.09. The summed E-state index contributed by atoms with van der Waals surface area (Å²) < 4.78 is 5.20. The maximum absolute atomic E-state index is 11.5. The van der Waals surface area contributed by atoms with Crippen molar-refractivity contribution in [3.8, 4) is 0 Å². The average molecular weight is 380 g/mol. The largest absolute Gasteiger partial charge is 0.469 e. The monoisotopic (exact) mass is 378 g/mol. The molecule has 1 amide bonds. The van der Waals surface area contributed by atoms with Crippen LogP contribution in [0, 0.1) is 0 Å². The van der Waals surface area contributed by atoms with Crippen molar-refractivity contribution in [1.29, 1.82) is 0 Å². The zero-order chi connectivity index (χ0) is 15.1. The van der Waals surface area contributed by atoms with Crippen molar-refractivity contribution in [3.05, 3.63) is 27.7 Å². The van der Waals surface area contributed by atoms with Crippen molar-refractivity contribution in [2.45, 2.75) is 12.8 Å². The molecule has 8 heteroatoms. The molecule has 2 N–H and O–H groups in total. The smallest absolute Gasteiger partial charge is 0.306 e. The van der Waals surface area contributed by atoms with Crippen LogP contribution in [-0.2, 0) is 14.3 Å². The number of anilines is 1. The molecule has 1 aromatic carbocycles. The van der Waals surface area contributed by atoms with Crippen LogP contribution in [0.15, 0.2) is 22.7 Å².